The number of hydrogen-bond acceptors (Lipinski definition) is 2. The van der Waals surface area contributed by atoms with Crippen LogP contribution in [-0.4, -0.2) is 20.6 Å². The van der Waals surface area contributed by atoms with Gasteiger partial charge >= 0.3 is 0 Å². The van der Waals surface area contributed by atoms with Gasteiger partial charge in [0.05, 0.1) is 16.4 Å². The van der Waals surface area contributed by atoms with Crippen molar-refractivity contribution in [3.63, 3.8) is 0 Å². The molecule has 0 aliphatic carbocycles. The molecule has 0 atom stereocenters. The zero-order valence-corrected chi connectivity index (χ0v) is 11.8. The van der Waals surface area contributed by atoms with E-state index in [1.807, 2.05) is 26.2 Å². The minimum Gasteiger partial charge on any atom is -0.383 e. The number of unbranched alkanes of at least 4 members (excludes halogenated alkanes) is 3. The highest BCUT2D eigenvalue weighted by Crippen LogP contribution is 2.32. The second-order valence-corrected chi connectivity index (χ2v) is 4.93. The largest absolute Gasteiger partial charge is 0.383 e. The second-order valence-electron chi connectivity index (χ2n) is 4.52. The van der Waals surface area contributed by atoms with E-state index in [2.05, 4.69) is 23.2 Å². The number of nitrogens with zero attached hydrogens (tertiary/aromatic N) is 1. The monoisotopic (exact) mass is 254 g/mol. The maximum atomic E-state index is 6.21. The summed E-state index contributed by atoms with van der Waals surface area (Å²) in [5.41, 5.74) is 2.20. The molecule has 17 heavy (non-hydrogen) atoms. The molecule has 0 aliphatic heterocycles. The quantitative estimate of drug-likeness (QED) is 0.726. The van der Waals surface area contributed by atoms with Gasteiger partial charge in [0.1, 0.15) is 0 Å². The van der Waals surface area contributed by atoms with E-state index < -0.39 is 0 Å². The third-order valence-corrected chi connectivity index (χ3v) is 3.08. The highest BCUT2D eigenvalue weighted by molar-refractivity contribution is 6.34. The molecule has 1 N–H and O–H groups in total. The van der Waals surface area contributed by atoms with Gasteiger partial charge in [-0.25, -0.2) is 0 Å². The molecule has 0 aromatic heterocycles. The first-order valence-corrected chi connectivity index (χ1v) is 6.74. The molecule has 0 spiro atoms. The van der Waals surface area contributed by atoms with Crippen molar-refractivity contribution in [1.82, 2.24) is 0 Å². The van der Waals surface area contributed by atoms with Gasteiger partial charge < -0.3 is 10.2 Å². The van der Waals surface area contributed by atoms with Gasteiger partial charge in [0, 0.05) is 20.6 Å². The molecule has 1 aromatic carbocycles. The maximum Gasteiger partial charge on any atom is 0.0786 e. The predicted molar refractivity (Wildman–Crippen MR) is 78.4 cm³/mol. The Hall–Kier alpha value is -0.890. The molecule has 0 fully saturated rings. The summed E-state index contributed by atoms with van der Waals surface area (Å²) in [5.74, 6) is 0. The summed E-state index contributed by atoms with van der Waals surface area (Å²) in [7, 11) is 4.03. The number of para-hydroxylation sites is 1. The third kappa shape index (κ3) is 4.47. The molecule has 0 heterocycles. The molecule has 1 rings (SSSR count). The van der Waals surface area contributed by atoms with Crippen molar-refractivity contribution >= 4 is 23.0 Å². The van der Waals surface area contributed by atoms with Crippen molar-refractivity contribution in [2.45, 2.75) is 32.6 Å². The zero-order valence-electron chi connectivity index (χ0n) is 11.1. The molecule has 96 valence electrons. The van der Waals surface area contributed by atoms with Crippen molar-refractivity contribution in [3.8, 4) is 0 Å². The first-order chi connectivity index (χ1) is 8.16. The van der Waals surface area contributed by atoms with Crippen molar-refractivity contribution in [1.29, 1.82) is 0 Å². The Kier molecular flexibility index (Phi) is 6.20. The van der Waals surface area contributed by atoms with Gasteiger partial charge in [0.25, 0.3) is 0 Å². The lowest BCUT2D eigenvalue weighted by molar-refractivity contribution is 0.685. The molecular formula is C14H23ClN2. The molecule has 0 saturated heterocycles. The van der Waals surface area contributed by atoms with Crippen LogP contribution in [0.1, 0.15) is 32.6 Å². The van der Waals surface area contributed by atoms with Crippen LogP contribution in [0.3, 0.4) is 0 Å². The summed E-state index contributed by atoms with van der Waals surface area (Å²) in [6.45, 7) is 3.25. The van der Waals surface area contributed by atoms with E-state index >= 15 is 0 Å². The standard InChI is InChI=1S/C14H23ClN2/c1-4-5-6-7-11-16-13-10-8-9-12(15)14(13)17(2)3/h8-10,16H,4-7,11H2,1-3H3. The van der Waals surface area contributed by atoms with Crippen LogP contribution in [0.15, 0.2) is 18.2 Å². The molecule has 0 bridgehead atoms. The fourth-order valence-corrected chi connectivity index (χ4v) is 2.23. The van der Waals surface area contributed by atoms with Gasteiger partial charge in [0.2, 0.25) is 0 Å². The van der Waals surface area contributed by atoms with Gasteiger partial charge in [-0.1, -0.05) is 43.9 Å². The van der Waals surface area contributed by atoms with E-state index in [4.69, 9.17) is 11.6 Å². The van der Waals surface area contributed by atoms with Crippen LogP contribution in [0.2, 0.25) is 5.02 Å². The Labute approximate surface area is 110 Å². The lowest BCUT2D eigenvalue weighted by atomic mass is 10.2. The van der Waals surface area contributed by atoms with E-state index in [9.17, 15) is 0 Å². The molecule has 2 nitrogen and oxygen atoms in total. The Balaban J connectivity index is 2.55. The highest BCUT2D eigenvalue weighted by atomic mass is 35.5. The average molecular weight is 255 g/mol. The van der Waals surface area contributed by atoms with Crippen LogP contribution >= 0.6 is 11.6 Å². The summed E-state index contributed by atoms with van der Waals surface area (Å²) < 4.78 is 0. The van der Waals surface area contributed by atoms with Crippen LogP contribution in [0.5, 0.6) is 0 Å². The van der Waals surface area contributed by atoms with Crippen molar-refractivity contribution in [2.75, 3.05) is 30.9 Å². The minimum absolute atomic E-state index is 0.800. The van der Waals surface area contributed by atoms with Crippen LogP contribution in [0.4, 0.5) is 11.4 Å². The number of benzene rings is 1. The fourth-order valence-electron chi connectivity index (χ4n) is 1.89. The first kappa shape index (κ1) is 14.2. The zero-order chi connectivity index (χ0) is 12.7. The molecule has 0 unspecified atom stereocenters. The van der Waals surface area contributed by atoms with Crippen molar-refractivity contribution < 1.29 is 0 Å². The van der Waals surface area contributed by atoms with Crippen molar-refractivity contribution in [2.24, 2.45) is 0 Å². The van der Waals surface area contributed by atoms with Gasteiger partial charge in [-0.05, 0) is 18.6 Å². The van der Waals surface area contributed by atoms with Gasteiger partial charge in [-0.2, -0.15) is 0 Å². The lowest BCUT2D eigenvalue weighted by Crippen LogP contribution is -2.13. The maximum absolute atomic E-state index is 6.21. The number of nitrogens with one attached hydrogen (secondary N) is 1. The minimum atomic E-state index is 0.800. The first-order valence-electron chi connectivity index (χ1n) is 6.36. The average Bonchev–Trinajstić information content (AvgIpc) is 2.28. The summed E-state index contributed by atoms with van der Waals surface area (Å²) in [6.07, 6.45) is 5.10. The topological polar surface area (TPSA) is 15.3 Å². The number of rotatable bonds is 7. The highest BCUT2D eigenvalue weighted by Gasteiger charge is 2.07. The Morgan fingerprint density at radius 1 is 1.18 bits per heavy atom. The Morgan fingerprint density at radius 3 is 2.59 bits per heavy atom. The van der Waals surface area contributed by atoms with E-state index in [0.29, 0.717) is 0 Å². The van der Waals surface area contributed by atoms with Crippen LogP contribution in [0.25, 0.3) is 0 Å². The van der Waals surface area contributed by atoms with Crippen LogP contribution < -0.4 is 10.2 Å². The normalized spacial score (nSPS) is 10.4. The fraction of sp³-hybridized carbons (Fsp3) is 0.571. The predicted octanol–water partition coefficient (Wildman–Crippen LogP) is 4.40. The Morgan fingerprint density at radius 2 is 1.94 bits per heavy atom. The SMILES string of the molecule is CCCCCCNc1cccc(Cl)c1N(C)C. The molecule has 0 amide bonds. The van der Waals surface area contributed by atoms with E-state index in [1.54, 1.807) is 0 Å². The smallest absolute Gasteiger partial charge is 0.0786 e. The number of anilines is 2. The van der Waals surface area contributed by atoms with Crippen LogP contribution in [-0.2, 0) is 0 Å². The molecule has 0 radical (unpaired) electrons. The van der Waals surface area contributed by atoms with Crippen LogP contribution in [0, 0.1) is 0 Å². The second kappa shape index (κ2) is 7.44. The number of halogens is 1. The van der Waals surface area contributed by atoms with Gasteiger partial charge in [0.15, 0.2) is 0 Å². The lowest BCUT2D eigenvalue weighted by Gasteiger charge is -2.20. The third-order valence-electron chi connectivity index (χ3n) is 2.78. The molecule has 3 heteroatoms. The summed E-state index contributed by atoms with van der Waals surface area (Å²) in [6, 6.07) is 6.00. The summed E-state index contributed by atoms with van der Waals surface area (Å²) in [4.78, 5) is 2.05. The summed E-state index contributed by atoms with van der Waals surface area (Å²) in [5, 5.41) is 4.27. The van der Waals surface area contributed by atoms with Gasteiger partial charge in [-0.3, -0.25) is 0 Å². The van der Waals surface area contributed by atoms with Gasteiger partial charge in [-0.15, -0.1) is 0 Å². The summed E-state index contributed by atoms with van der Waals surface area (Å²) >= 11 is 6.21. The Bertz CT molecular complexity index is 337. The molecular weight excluding hydrogens is 232 g/mol. The molecule has 0 aliphatic rings. The molecule has 0 saturated carbocycles. The number of hydrogen-bond donors (Lipinski definition) is 1. The van der Waals surface area contributed by atoms with Crippen molar-refractivity contribution in [3.05, 3.63) is 23.2 Å². The van der Waals surface area contributed by atoms with E-state index in [1.165, 1.54) is 25.7 Å². The van der Waals surface area contributed by atoms with E-state index in [0.717, 1.165) is 22.9 Å². The van der Waals surface area contributed by atoms with E-state index in [-0.39, 0.29) is 0 Å². The molecule has 1 aromatic rings.